The van der Waals surface area contributed by atoms with Crippen molar-refractivity contribution in [2.45, 2.75) is 19.8 Å². The second-order valence-electron chi connectivity index (χ2n) is 8.07. The zero-order chi connectivity index (χ0) is 22.8. The first kappa shape index (κ1) is 22.7. The maximum absolute atomic E-state index is 12.7. The van der Waals surface area contributed by atoms with Crippen LogP contribution in [0, 0.1) is 12.8 Å². The summed E-state index contributed by atoms with van der Waals surface area (Å²) in [6, 6.07) is 5.29. The summed E-state index contributed by atoms with van der Waals surface area (Å²) in [7, 11) is 0. The molecule has 9 heteroatoms. The van der Waals surface area contributed by atoms with E-state index in [1.54, 1.807) is 18.2 Å². The van der Waals surface area contributed by atoms with Crippen LogP contribution in [0.5, 0.6) is 0 Å². The van der Waals surface area contributed by atoms with E-state index in [1.165, 1.54) is 0 Å². The van der Waals surface area contributed by atoms with Crippen LogP contribution < -0.4 is 4.90 Å². The van der Waals surface area contributed by atoms with Crippen molar-refractivity contribution in [2.75, 3.05) is 37.6 Å². The normalized spacial score (nSPS) is 20.8. The maximum atomic E-state index is 12.7. The largest absolute Gasteiger partial charge is 0.368 e. The number of carbonyl (C=O) groups excluding carboxylic acids is 3. The topological polar surface area (TPSA) is 73.3 Å². The lowest BCUT2D eigenvalue weighted by Crippen LogP contribution is -2.49. The molecular formula is C23H24BrClN4O3. The van der Waals surface area contributed by atoms with Crippen molar-refractivity contribution in [1.82, 2.24) is 9.80 Å². The Morgan fingerprint density at radius 1 is 1.19 bits per heavy atom. The molecule has 32 heavy (non-hydrogen) atoms. The van der Waals surface area contributed by atoms with Crippen LogP contribution in [0.25, 0.3) is 0 Å². The van der Waals surface area contributed by atoms with Crippen molar-refractivity contribution in [2.24, 2.45) is 10.9 Å². The molecule has 7 nitrogen and oxygen atoms in total. The molecule has 0 saturated carbocycles. The van der Waals surface area contributed by atoms with E-state index >= 15 is 0 Å². The number of piperazine rings is 1. The van der Waals surface area contributed by atoms with Gasteiger partial charge in [0.2, 0.25) is 11.8 Å². The zero-order valence-corrected chi connectivity index (χ0v) is 20.1. The number of anilines is 1. The molecule has 4 rings (SSSR count). The number of carbonyl (C=O) groups is 3. The molecule has 1 fully saturated rings. The highest BCUT2D eigenvalue weighted by Gasteiger charge is 2.36. The highest BCUT2D eigenvalue weighted by Crippen LogP contribution is 2.26. The van der Waals surface area contributed by atoms with Crippen LogP contribution in [0.4, 0.5) is 10.5 Å². The number of hydrogen-bond donors (Lipinski definition) is 0. The molecule has 1 saturated heterocycles. The minimum absolute atomic E-state index is 0.0387. The van der Waals surface area contributed by atoms with E-state index in [0.29, 0.717) is 30.2 Å². The third kappa shape index (κ3) is 4.81. The third-order valence-electron chi connectivity index (χ3n) is 5.96. The van der Waals surface area contributed by atoms with Crippen LogP contribution in [0.2, 0.25) is 5.02 Å². The number of hydrogen-bond acceptors (Lipinski definition) is 4. The Morgan fingerprint density at radius 3 is 2.69 bits per heavy atom. The van der Waals surface area contributed by atoms with Gasteiger partial charge in [0.1, 0.15) is 5.92 Å². The summed E-state index contributed by atoms with van der Waals surface area (Å²) in [4.78, 5) is 47.0. The smallest absolute Gasteiger partial charge is 0.350 e. The molecule has 4 amide bonds. The Balaban J connectivity index is 1.27. The van der Waals surface area contributed by atoms with Crippen molar-refractivity contribution in [3.63, 3.8) is 0 Å². The first-order chi connectivity index (χ1) is 15.3. The molecule has 2 aliphatic heterocycles. The van der Waals surface area contributed by atoms with E-state index in [4.69, 9.17) is 11.6 Å². The number of amides is 4. The minimum atomic E-state index is -0.560. The molecule has 1 unspecified atom stereocenters. The molecular weight excluding hydrogens is 496 g/mol. The Morgan fingerprint density at radius 2 is 1.94 bits per heavy atom. The van der Waals surface area contributed by atoms with Gasteiger partial charge in [-0.25, -0.2) is 4.79 Å². The van der Waals surface area contributed by atoms with Gasteiger partial charge < -0.3 is 9.80 Å². The van der Waals surface area contributed by atoms with Crippen LogP contribution >= 0.6 is 27.5 Å². The molecule has 1 atom stereocenters. The number of urea groups is 1. The average Bonchev–Trinajstić information content (AvgIpc) is 2.78. The number of benzene rings is 1. The standard InChI is InChI=1S/C23H24BrClN4O3/c1-15-4-6-17(25)14-20(15)27-9-11-28(12-10-27)21(30)3-2-8-29-22(31)18-13-16(24)5-7-19(18)26-23(29)32/h4-7,13-14,18H,2-3,8-12H2,1H3. The van der Waals surface area contributed by atoms with E-state index < -0.39 is 11.9 Å². The fraction of sp³-hybridized carbons (Fsp3) is 0.391. The number of aliphatic imine (C=N–C) groups is 1. The van der Waals surface area contributed by atoms with Gasteiger partial charge in [-0.15, -0.1) is 0 Å². The molecule has 0 radical (unpaired) electrons. The molecule has 168 valence electrons. The molecule has 1 aromatic carbocycles. The van der Waals surface area contributed by atoms with Crippen molar-refractivity contribution in [3.8, 4) is 0 Å². The van der Waals surface area contributed by atoms with Gasteiger partial charge in [-0.1, -0.05) is 39.7 Å². The molecule has 1 aromatic rings. The molecule has 1 aliphatic carbocycles. The Kier molecular flexibility index (Phi) is 6.81. The monoisotopic (exact) mass is 518 g/mol. The first-order valence-electron chi connectivity index (χ1n) is 10.6. The Hall–Kier alpha value is -2.45. The van der Waals surface area contributed by atoms with Crippen LogP contribution in [0.15, 0.2) is 45.9 Å². The lowest BCUT2D eigenvalue weighted by molar-refractivity contribution is -0.133. The van der Waals surface area contributed by atoms with Crippen molar-refractivity contribution in [1.29, 1.82) is 0 Å². The highest BCUT2D eigenvalue weighted by atomic mass is 79.9. The second kappa shape index (κ2) is 9.58. The van der Waals surface area contributed by atoms with E-state index in [9.17, 15) is 14.4 Å². The van der Waals surface area contributed by atoms with Gasteiger partial charge in [-0.3, -0.25) is 14.5 Å². The predicted octanol–water partition coefficient (Wildman–Crippen LogP) is 3.95. The van der Waals surface area contributed by atoms with Crippen LogP contribution in [0.1, 0.15) is 18.4 Å². The van der Waals surface area contributed by atoms with Gasteiger partial charge in [0.05, 0.1) is 5.71 Å². The lowest BCUT2D eigenvalue weighted by atomic mass is 9.95. The summed E-state index contributed by atoms with van der Waals surface area (Å²) in [5.41, 5.74) is 2.72. The maximum Gasteiger partial charge on any atom is 0.350 e. The second-order valence-corrected chi connectivity index (χ2v) is 9.43. The third-order valence-corrected chi connectivity index (χ3v) is 6.73. The summed E-state index contributed by atoms with van der Waals surface area (Å²) >= 11 is 9.50. The van der Waals surface area contributed by atoms with Crippen molar-refractivity contribution >= 4 is 56.8 Å². The van der Waals surface area contributed by atoms with E-state index in [0.717, 1.165) is 33.7 Å². The SMILES string of the molecule is Cc1ccc(Cl)cc1N1CCN(C(=O)CCCN2C(=O)N=C3C=CC(Br)=CC3C2=O)CC1. The average molecular weight is 520 g/mol. The number of rotatable bonds is 5. The van der Waals surface area contributed by atoms with Crippen molar-refractivity contribution < 1.29 is 14.4 Å². The van der Waals surface area contributed by atoms with Gasteiger partial charge in [-0.05, 0) is 43.2 Å². The fourth-order valence-electron chi connectivity index (χ4n) is 4.18. The lowest BCUT2D eigenvalue weighted by Gasteiger charge is -2.37. The minimum Gasteiger partial charge on any atom is -0.368 e. The summed E-state index contributed by atoms with van der Waals surface area (Å²) in [5, 5.41) is 0.703. The van der Waals surface area contributed by atoms with Gasteiger partial charge in [0, 0.05) is 54.3 Å². The van der Waals surface area contributed by atoms with Gasteiger partial charge in [0.25, 0.3) is 0 Å². The van der Waals surface area contributed by atoms with E-state index in [2.05, 4.69) is 32.7 Å². The molecule has 3 aliphatic rings. The van der Waals surface area contributed by atoms with Crippen molar-refractivity contribution in [3.05, 3.63) is 51.5 Å². The van der Waals surface area contributed by atoms with Gasteiger partial charge in [-0.2, -0.15) is 4.99 Å². The molecule has 0 aromatic heterocycles. The number of fused-ring (bicyclic) bond motifs is 1. The van der Waals surface area contributed by atoms with Gasteiger partial charge in [0.15, 0.2) is 0 Å². The molecule has 2 heterocycles. The summed E-state index contributed by atoms with van der Waals surface area (Å²) in [6.45, 7) is 4.99. The summed E-state index contributed by atoms with van der Waals surface area (Å²) < 4.78 is 0.784. The fourth-order valence-corrected chi connectivity index (χ4v) is 4.74. The molecule has 0 spiro atoms. The van der Waals surface area contributed by atoms with E-state index in [-0.39, 0.29) is 24.8 Å². The number of allylic oxidation sites excluding steroid dienone is 3. The van der Waals surface area contributed by atoms with Gasteiger partial charge >= 0.3 is 6.03 Å². The first-order valence-corrected chi connectivity index (χ1v) is 11.8. The number of imide groups is 1. The summed E-state index contributed by atoms with van der Waals surface area (Å²) in [5.74, 6) is -0.804. The van der Waals surface area contributed by atoms with Crippen LogP contribution in [-0.4, -0.2) is 66.1 Å². The predicted molar refractivity (Wildman–Crippen MR) is 128 cm³/mol. The van der Waals surface area contributed by atoms with E-state index in [1.807, 2.05) is 23.1 Å². The highest BCUT2D eigenvalue weighted by molar-refractivity contribution is 9.11. The quantitative estimate of drug-likeness (QED) is 0.591. The molecule has 0 N–H and O–H groups in total. The summed E-state index contributed by atoms with van der Waals surface area (Å²) in [6.07, 6.45) is 5.89. The van der Waals surface area contributed by atoms with Crippen LogP contribution in [0.3, 0.4) is 0 Å². The number of nitrogens with zero attached hydrogens (tertiary/aromatic N) is 4. The zero-order valence-electron chi connectivity index (χ0n) is 17.8. The van der Waals surface area contributed by atoms with Crippen LogP contribution in [-0.2, 0) is 9.59 Å². The number of halogens is 2. The number of aryl methyl sites for hydroxylation is 1. The Labute approximate surface area is 200 Å². The molecule has 0 bridgehead atoms. The Bertz CT molecular complexity index is 1040.